The lowest BCUT2D eigenvalue weighted by Crippen LogP contribution is -2.58. The summed E-state index contributed by atoms with van der Waals surface area (Å²) >= 11 is 0. The van der Waals surface area contributed by atoms with Crippen molar-refractivity contribution in [2.75, 3.05) is 46.6 Å². The molecule has 1 aromatic rings. The predicted octanol–water partition coefficient (Wildman–Crippen LogP) is 0.880. The zero-order valence-corrected chi connectivity index (χ0v) is 23.0. The van der Waals surface area contributed by atoms with Crippen LogP contribution in [0.5, 0.6) is 0 Å². The van der Waals surface area contributed by atoms with Crippen LogP contribution in [0.3, 0.4) is 0 Å². The van der Waals surface area contributed by atoms with Gasteiger partial charge < -0.3 is 25.8 Å². The van der Waals surface area contributed by atoms with E-state index in [4.69, 9.17) is 15.2 Å². The van der Waals surface area contributed by atoms with Crippen molar-refractivity contribution in [1.29, 1.82) is 0 Å². The van der Waals surface area contributed by atoms with Crippen LogP contribution in [0, 0.1) is 0 Å². The maximum atomic E-state index is 12.6. The molecule has 0 aromatic heterocycles. The molecule has 0 spiro atoms. The van der Waals surface area contributed by atoms with Crippen LogP contribution in [-0.2, 0) is 27.1 Å². The van der Waals surface area contributed by atoms with E-state index in [2.05, 4.69) is 67.2 Å². The number of carbonyl (C=O) groups is 1. The van der Waals surface area contributed by atoms with E-state index in [1.807, 2.05) is 20.9 Å². The summed E-state index contributed by atoms with van der Waals surface area (Å²) in [4.78, 5) is 12.6. The van der Waals surface area contributed by atoms with Gasteiger partial charge in [0.05, 0.1) is 37.2 Å². The lowest BCUT2D eigenvalue weighted by molar-refractivity contribution is -0.129. The lowest BCUT2D eigenvalue weighted by atomic mass is 9.96. The highest BCUT2D eigenvalue weighted by atomic mass is 16.5. The first-order chi connectivity index (χ1) is 16.6. The number of Topliss-reactive ketones (excluding diaryl/α,β-unsaturated/α-hetero) is 1. The van der Waals surface area contributed by atoms with E-state index in [1.165, 1.54) is 5.56 Å². The third kappa shape index (κ3) is 14.7. The molecule has 0 aliphatic rings. The minimum Gasteiger partial charge on any atom is -0.378 e. The highest BCUT2D eigenvalue weighted by Gasteiger charge is 2.26. The van der Waals surface area contributed by atoms with Crippen molar-refractivity contribution >= 4 is 13.6 Å². The Morgan fingerprint density at radius 3 is 2.29 bits per heavy atom. The van der Waals surface area contributed by atoms with Crippen LogP contribution < -0.4 is 27.0 Å². The Bertz CT molecular complexity index is 701. The monoisotopic (exact) mass is 491 g/mol. The van der Waals surface area contributed by atoms with Gasteiger partial charge in [-0.25, -0.2) is 0 Å². The van der Waals surface area contributed by atoms with Crippen LogP contribution in [-0.4, -0.2) is 77.6 Å². The Hall–Kier alpha value is -1.33. The standard InChI is InChI=1S/C26H50BN5O3/c1-25(2,31-19-22-11-9-21(18-27)10-12-22)23(33)20-35-17-16-34-15-14-30-26(3,4)32-24(28)8-6-7-13-29-5/h9-12,24,29-32H,6-8,13-20,27-28H2,1-5H3. The van der Waals surface area contributed by atoms with Gasteiger partial charge >= 0.3 is 0 Å². The van der Waals surface area contributed by atoms with Gasteiger partial charge in [0.15, 0.2) is 5.78 Å². The molecule has 8 nitrogen and oxygen atoms in total. The first-order valence-corrected chi connectivity index (χ1v) is 13.0. The molecular formula is C26H50BN5O3. The largest absolute Gasteiger partial charge is 0.378 e. The minimum atomic E-state index is -0.652. The van der Waals surface area contributed by atoms with Gasteiger partial charge in [0.25, 0.3) is 0 Å². The Balaban J connectivity index is 2.12. The molecule has 0 saturated heterocycles. The molecule has 6 N–H and O–H groups in total. The second-order valence-electron chi connectivity index (χ2n) is 10.1. The smallest absolute Gasteiger partial charge is 0.177 e. The first-order valence-electron chi connectivity index (χ1n) is 13.0. The van der Waals surface area contributed by atoms with Gasteiger partial charge in [-0.2, -0.15) is 0 Å². The highest BCUT2D eigenvalue weighted by molar-refractivity contribution is 6.08. The maximum absolute atomic E-state index is 12.6. The van der Waals surface area contributed by atoms with Gasteiger partial charge in [0.1, 0.15) is 14.5 Å². The van der Waals surface area contributed by atoms with Crippen LogP contribution in [0.4, 0.5) is 0 Å². The van der Waals surface area contributed by atoms with E-state index < -0.39 is 5.54 Å². The topological polar surface area (TPSA) is 110 Å². The van der Waals surface area contributed by atoms with Crippen molar-refractivity contribution in [3.63, 3.8) is 0 Å². The summed E-state index contributed by atoms with van der Waals surface area (Å²) in [7, 11) is 4.11. The highest BCUT2D eigenvalue weighted by Crippen LogP contribution is 2.09. The summed E-state index contributed by atoms with van der Waals surface area (Å²) < 4.78 is 11.2. The van der Waals surface area contributed by atoms with Gasteiger partial charge in [-0.1, -0.05) is 36.1 Å². The number of ketones is 1. The molecule has 1 aromatic carbocycles. The van der Waals surface area contributed by atoms with Crippen molar-refractivity contribution in [3.05, 3.63) is 35.4 Å². The molecule has 9 heteroatoms. The van der Waals surface area contributed by atoms with Gasteiger partial charge in [0, 0.05) is 13.1 Å². The fourth-order valence-corrected chi connectivity index (χ4v) is 3.57. The molecule has 0 bridgehead atoms. The molecule has 0 radical (unpaired) electrons. The summed E-state index contributed by atoms with van der Waals surface area (Å²) in [6.07, 6.45) is 4.15. The Labute approximate surface area is 214 Å². The van der Waals surface area contributed by atoms with E-state index in [9.17, 15) is 4.79 Å². The fraction of sp³-hybridized carbons (Fsp3) is 0.731. The van der Waals surface area contributed by atoms with Gasteiger partial charge in [0.2, 0.25) is 0 Å². The molecule has 0 aliphatic heterocycles. The van der Waals surface area contributed by atoms with E-state index in [0.29, 0.717) is 32.9 Å². The molecule has 0 aliphatic carbocycles. The third-order valence-electron chi connectivity index (χ3n) is 6.02. The molecule has 1 rings (SSSR count). The van der Waals surface area contributed by atoms with Gasteiger partial charge in [-0.15, -0.1) is 0 Å². The summed E-state index contributed by atoms with van der Waals surface area (Å²) in [5.41, 5.74) is 7.74. The number of benzene rings is 1. The van der Waals surface area contributed by atoms with Crippen LogP contribution in [0.25, 0.3) is 0 Å². The SMILES string of the molecule is BCc1ccc(CNC(C)(C)C(=O)COCCOCCNC(C)(C)NC(N)CCCCNC)cc1. The van der Waals surface area contributed by atoms with E-state index in [-0.39, 0.29) is 24.2 Å². The zero-order chi connectivity index (χ0) is 26.2. The quantitative estimate of drug-likeness (QED) is 0.0980. The second-order valence-corrected chi connectivity index (χ2v) is 10.1. The zero-order valence-electron chi connectivity index (χ0n) is 23.0. The molecule has 0 heterocycles. The number of ether oxygens (including phenoxy) is 2. The number of nitrogens with one attached hydrogen (secondary N) is 4. The number of nitrogens with two attached hydrogens (primary N) is 1. The summed E-state index contributed by atoms with van der Waals surface area (Å²) in [6.45, 7) is 11.8. The number of rotatable bonds is 21. The molecule has 0 fully saturated rings. The van der Waals surface area contributed by atoms with Gasteiger partial charge in [-0.3, -0.25) is 15.4 Å². The normalized spacial score (nSPS) is 13.2. The van der Waals surface area contributed by atoms with Crippen molar-refractivity contribution < 1.29 is 14.3 Å². The minimum absolute atomic E-state index is 0.0273. The molecule has 0 saturated carbocycles. The van der Waals surface area contributed by atoms with Crippen LogP contribution in [0.2, 0.25) is 0 Å². The van der Waals surface area contributed by atoms with Crippen LogP contribution in [0.15, 0.2) is 24.3 Å². The Morgan fingerprint density at radius 1 is 0.971 bits per heavy atom. The predicted molar refractivity (Wildman–Crippen MR) is 147 cm³/mol. The molecule has 35 heavy (non-hydrogen) atoms. The average molecular weight is 492 g/mol. The fourth-order valence-electron chi connectivity index (χ4n) is 3.57. The molecule has 0 amide bonds. The van der Waals surface area contributed by atoms with E-state index in [1.54, 1.807) is 0 Å². The van der Waals surface area contributed by atoms with Crippen molar-refractivity contribution in [1.82, 2.24) is 21.3 Å². The third-order valence-corrected chi connectivity index (χ3v) is 6.02. The van der Waals surface area contributed by atoms with E-state index in [0.717, 1.165) is 37.7 Å². The maximum Gasteiger partial charge on any atom is 0.177 e. The van der Waals surface area contributed by atoms with E-state index >= 15 is 0 Å². The number of hydrogen-bond acceptors (Lipinski definition) is 8. The molecule has 1 unspecified atom stereocenters. The molecule has 1 atom stereocenters. The summed E-state index contributed by atoms with van der Waals surface area (Å²) in [5.74, 6) is 0.0273. The van der Waals surface area contributed by atoms with Crippen molar-refractivity contribution in [2.45, 2.75) is 77.2 Å². The van der Waals surface area contributed by atoms with Crippen LogP contribution >= 0.6 is 0 Å². The number of hydrogen-bond donors (Lipinski definition) is 5. The van der Waals surface area contributed by atoms with Gasteiger partial charge in [-0.05, 0) is 66.1 Å². The van der Waals surface area contributed by atoms with Crippen molar-refractivity contribution in [2.24, 2.45) is 5.73 Å². The molecular weight excluding hydrogens is 441 g/mol. The number of unbranched alkanes of at least 4 members (excludes halogenated alkanes) is 1. The average Bonchev–Trinajstić information content (AvgIpc) is 2.82. The molecule has 200 valence electrons. The van der Waals surface area contributed by atoms with Crippen LogP contribution in [0.1, 0.15) is 58.1 Å². The number of carbonyl (C=O) groups excluding carboxylic acids is 1. The first kappa shape index (κ1) is 31.7. The lowest BCUT2D eigenvalue weighted by Gasteiger charge is -2.31. The van der Waals surface area contributed by atoms with Crippen molar-refractivity contribution in [3.8, 4) is 0 Å². The summed E-state index contributed by atoms with van der Waals surface area (Å²) in [6, 6.07) is 8.47. The Kier molecular flexibility index (Phi) is 15.6. The summed E-state index contributed by atoms with van der Waals surface area (Å²) in [5, 5.41) is 13.3. The Morgan fingerprint density at radius 2 is 1.63 bits per heavy atom. The second kappa shape index (κ2) is 17.2.